The van der Waals surface area contributed by atoms with Crippen molar-refractivity contribution in [3.8, 4) is 0 Å². The zero-order valence-electron chi connectivity index (χ0n) is 10.8. The Labute approximate surface area is 113 Å². The second-order valence-corrected chi connectivity index (χ2v) is 7.20. The third-order valence-electron chi connectivity index (χ3n) is 2.40. The van der Waals surface area contributed by atoms with Crippen molar-refractivity contribution in [2.45, 2.75) is 24.3 Å². The Morgan fingerprint density at radius 1 is 1.44 bits per heavy atom. The van der Waals surface area contributed by atoms with Crippen LogP contribution in [0.1, 0.15) is 12.5 Å². The molecule has 0 fully saturated rings. The minimum Gasteiger partial charge on any atom is -0.388 e. The molecular weight excluding hydrogens is 270 g/mol. The topological polar surface area (TPSA) is 66.4 Å². The lowest BCUT2D eigenvalue weighted by Gasteiger charge is -2.22. The molecular formula is C12H19NO3S2. The van der Waals surface area contributed by atoms with Crippen molar-refractivity contribution >= 4 is 21.8 Å². The molecule has 0 unspecified atom stereocenters. The number of hydrogen-bond acceptors (Lipinski definition) is 4. The molecule has 0 aromatic heterocycles. The molecule has 0 aliphatic heterocycles. The normalized spacial score (nSPS) is 15.3. The van der Waals surface area contributed by atoms with Crippen molar-refractivity contribution in [3.05, 3.63) is 29.8 Å². The first kappa shape index (κ1) is 15.5. The fraction of sp³-hybridized carbons (Fsp3) is 0.500. The van der Waals surface area contributed by atoms with Crippen molar-refractivity contribution in [2.75, 3.05) is 18.6 Å². The second kappa shape index (κ2) is 6.06. The van der Waals surface area contributed by atoms with E-state index in [2.05, 4.69) is 4.72 Å². The molecule has 6 heteroatoms. The maximum atomic E-state index is 12.0. The molecule has 0 saturated heterocycles. The van der Waals surface area contributed by atoms with Crippen LogP contribution in [-0.2, 0) is 10.0 Å². The van der Waals surface area contributed by atoms with E-state index in [1.54, 1.807) is 25.1 Å². The maximum Gasteiger partial charge on any atom is 0.240 e. The van der Waals surface area contributed by atoms with Gasteiger partial charge in [-0.25, -0.2) is 13.1 Å². The van der Waals surface area contributed by atoms with E-state index in [1.165, 1.54) is 11.8 Å². The van der Waals surface area contributed by atoms with Crippen LogP contribution in [0.4, 0.5) is 0 Å². The van der Waals surface area contributed by atoms with Crippen molar-refractivity contribution in [3.63, 3.8) is 0 Å². The lowest BCUT2D eigenvalue weighted by atomic mass is 10.1. The summed E-state index contributed by atoms with van der Waals surface area (Å²) in [6.45, 7) is 3.45. The number of rotatable bonds is 6. The summed E-state index contributed by atoms with van der Waals surface area (Å²) in [6.07, 6.45) is 1.86. The van der Waals surface area contributed by atoms with Gasteiger partial charge in [-0.1, -0.05) is 12.1 Å². The Morgan fingerprint density at radius 3 is 2.67 bits per heavy atom. The summed E-state index contributed by atoms with van der Waals surface area (Å²) in [5.74, 6) is 0.476. The van der Waals surface area contributed by atoms with E-state index < -0.39 is 15.6 Å². The van der Waals surface area contributed by atoms with Gasteiger partial charge in [0.15, 0.2) is 0 Å². The summed E-state index contributed by atoms with van der Waals surface area (Å²) in [5, 5.41) is 9.93. The maximum absolute atomic E-state index is 12.0. The second-order valence-electron chi connectivity index (χ2n) is 4.57. The molecule has 0 spiro atoms. The molecule has 0 bridgehead atoms. The Hall–Kier alpha value is -0.560. The van der Waals surface area contributed by atoms with Crippen molar-refractivity contribution in [1.82, 2.24) is 4.72 Å². The van der Waals surface area contributed by atoms with Crippen LogP contribution in [0.3, 0.4) is 0 Å². The van der Waals surface area contributed by atoms with E-state index in [0.717, 1.165) is 5.56 Å². The quantitative estimate of drug-likeness (QED) is 0.830. The third-order valence-corrected chi connectivity index (χ3v) is 4.71. The Kier molecular flexibility index (Phi) is 5.21. The van der Waals surface area contributed by atoms with Crippen LogP contribution < -0.4 is 4.72 Å². The monoisotopic (exact) mass is 289 g/mol. The molecule has 1 aromatic rings. The predicted molar refractivity (Wildman–Crippen MR) is 75.4 cm³/mol. The lowest BCUT2D eigenvalue weighted by Crippen LogP contribution is -2.42. The molecule has 0 aliphatic rings. The highest BCUT2D eigenvalue weighted by atomic mass is 32.2. The van der Waals surface area contributed by atoms with Gasteiger partial charge < -0.3 is 5.11 Å². The van der Waals surface area contributed by atoms with E-state index in [9.17, 15) is 13.5 Å². The first-order chi connectivity index (χ1) is 8.27. The van der Waals surface area contributed by atoms with Gasteiger partial charge in [0.25, 0.3) is 0 Å². The molecule has 0 saturated carbocycles. The van der Waals surface area contributed by atoms with Crippen LogP contribution in [0, 0.1) is 6.92 Å². The average molecular weight is 289 g/mol. The van der Waals surface area contributed by atoms with Crippen molar-refractivity contribution < 1.29 is 13.5 Å². The largest absolute Gasteiger partial charge is 0.388 e. The summed E-state index contributed by atoms with van der Waals surface area (Å²) < 4.78 is 26.4. The summed E-state index contributed by atoms with van der Waals surface area (Å²) in [5.41, 5.74) is -0.162. The summed E-state index contributed by atoms with van der Waals surface area (Å²) in [4.78, 5) is 0.224. The fourth-order valence-electron chi connectivity index (χ4n) is 1.48. The van der Waals surface area contributed by atoms with Gasteiger partial charge in [-0.3, -0.25) is 0 Å². The molecule has 0 amide bonds. The van der Waals surface area contributed by atoms with Gasteiger partial charge in [0.2, 0.25) is 10.0 Å². The Morgan fingerprint density at radius 2 is 2.11 bits per heavy atom. The van der Waals surface area contributed by atoms with Gasteiger partial charge >= 0.3 is 0 Å². The molecule has 1 aromatic carbocycles. The van der Waals surface area contributed by atoms with Crippen LogP contribution in [-0.4, -0.2) is 37.7 Å². The molecule has 0 aliphatic carbocycles. The third kappa shape index (κ3) is 4.61. The van der Waals surface area contributed by atoms with Gasteiger partial charge in [-0.2, -0.15) is 11.8 Å². The number of aliphatic hydroxyl groups is 1. The smallest absolute Gasteiger partial charge is 0.240 e. The van der Waals surface area contributed by atoms with E-state index in [4.69, 9.17) is 0 Å². The minimum atomic E-state index is -3.55. The molecule has 0 heterocycles. The van der Waals surface area contributed by atoms with Crippen LogP contribution in [0.5, 0.6) is 0 Å². The van der Waals surface area contributed by atoms with Gasteiger partial charge in [0.05, 0.1) is 10.5 Å². The van der Waals surface area contributed by atoms with Crippen LogP contribution >= 0.6 is 11.8 Å². The lowest BCUT2D eigenvalue weighted by molar-refractivity contribution is 0.0908. The standard InChI is InChI=1S/C12H19NO3S2/c1-10-5-4-6-11(7-10)18(15,16)13-8-12(2,14)9-17-3/h4-7,13-14H,8-9H2,1-3H3/t12-/m1/s1. The van der Waals surface area contributed by atoms with Crippen molar-refractivity contribution in [1.29, 1.82) is 0 Å². The number of hydrogen-bond donors (Lipinski definition) is 2. The highest BCUT2D eigenvalue weighted by molar-refractivity contribution is 7.98. The molecule has 102 valence electrons. The fourth-order valence-corrected chi connectivity index (χ4v) is 3.47. The van der Waals surface area contributed by atoms with E-state index in [0.29, 0.717) is 5.75 Å². The van der Waals surface area contributed by atoms with Crippen LogP contribution in [0.15, 0.2) is 29.2 Å². The molecule has 2 N–H and O–H groups in total. The molecule has 18 heavy (non-hydrogen) atoms. The molecule has 4 nitrogen and oxygen atoms in total. The average Bonchev–Trinajstić information content (AvgIpc) is 2.27. The number of thioether (sulfide) groups is 1. The molecule has 1 atom stereocenters. The number of aryl methyl sites for hydroxylation is 1. The highest BCUT2D eigenvalue weighted by Gasteiger charge is 2.23. The number of sulfonamides is 1. The number of benzene rings is 1. The molecule has 0 radical (unpaired) electrons. The van der Waals surface area contributed by atoms with Gasteiger partial charge in [-0.15, -0.1) is 0 Å². The van der Waals surface area contributed by atoms with Gasteiger partial charge in [0, 0.05) is 12.3 Å². The Balaban J connectivity index is 2.78. The molecule has 1 rings (SSSR count). The van der Waals surface area contributed by atoms with Crippen LogP contribution in [0.2, 0.25) is 0 Å². The van der Waals surface area contributed by atoms with Crippen LogP contribution in [0.25, 0.3) is 0 Å². The highest BCUT2D eigenvalue weighted by Crippen LogP contribution is 2.13. The first-order valence-electron chi connectivity index (χ1n) is 5.54. The summed E-state index contributed by atoms with van der Waals surface area (Å²) >= 11 is 1.47. The Bertz CT molecular complexity index is 498. The van der Waals surface area contributed by atoms with Gasteiger partial charge in [0.1, 0.15) is 0 Å². The zero-order valence-corrected chi connectivity index (χ0v) is 12.4. The minimum absolute atomic E-state index is 0.00408. The predicted octanol–water partition coefficient (Wildman–Crippen LogP) is 1.39. The van der Waals surface area contributed by atoms with E-state index in [1.807, 2.05) is 19.2 Å². The first-order valence-corrected chi connectivity index (χ1v) is 8.42. The number of nitrogens with one attached hydrogen (secondary N) is 1. The van der Waals surface area contributed by atoms with E-state index >= 15 is 0 Å². The zero-order chi connectivity index (χ0) is 13.8. The SMILES string of the molecule is CSC[C@](C)(O)CNS(=O)(=O)c1cccc(C)c1. The van der Waals surface area contributed by atoms with Crippen molar-refractivity contribution in [2.24, 2.45) is 0 Å². The summed E-state index contributed by atoms with van der Waals surface area (Å²) in [7, 11) is -3.55. The van der Waals surface area contributed by atoms with Gasteiger partial charge in [-0.05, 0) is 37.8 Å². The van der Waals surface area contributed by atoms with E-state index in [-0.39, 0.29) is 11.4 Å². The summed E-state index contributed by atoms with van der Waals surface area (Å²) in [6, 6.07) is 6.68.